The molecule has 0 rings (SSSR count). The minimum absolute atomic E-state index is 0. The van der Waals surface area contributed by atoms with Crippen LogP contribution in [0.3, 0.4) is 0 Å². The molecule has 1 radical (unpaired) electrons. The van der Waals surface area contributed by atoms with E-state index in [0.717, 1.165) is 0 Å². The molecular weight excluding hydrogens is 227 g/mol. The zero-order valence-electron chi connectivity index (χ0n) is 2.13. The predicted molar refractivity (Wildman–Crippen MR) is 24.3 cm³/mol. The standard InChI is InChI=1S/CH3.2BrH.Mn/h1H3;2*1H;/q;;;+2/p-2. The van der Waals surface area contributed by atoms with Crippen LogP contribution in [0.2, 0.25) is 0 Å². The maximum absolute atomic E-state index is 3.09. The molecule has 0 unspecified atom stereocenters. The average Bonchev–Trinajstić information content (AvgIpc) is 0.918. The number of hydrogen-bond donors (Lipinski definition) is 0. The van der Waals surface area contributed by atoms with Crippen molar-refractivity contribution in [2.45, 2.75) is 0 Å². The van der Waals surface area contributed by atoms with Crippen LogP contribution < -0.4 is 0 Å². The molecule has 0 aromatic carbocycles. The van der Waals surface area contributed by atoms with Gasteiger partial charge in [-0.3, -0.25) is 0 Å². The molecule has 0 bridgehead atoms. The predicted octanol–water partition coefficient (Wildman–Crippen LogP) is 2.14. The molecule has 0 nitrogen and oxygen atoms in total. The first kappa shape index (κ1) is 9.08. The second kappa shape index (κ2) is 8.82. The van der Waals surface area contributed by atoms with Gasteiger partial charge in [-0.15, -0.1) is 0 Å². The Labute approximate surface area is 46.9 Å². The fourth-order valence-corrected chi connectivity index (χ4v) is 0. The van der Waals surface area contributed by atoms with E-state index in [9.17, 15) is 0 Å². The van der Waals surface area contributed by atoms with Crippen molar-refractivity contribution in [2.75, 3.05) is 0 Å². The normalized spacial score (nSPS) is 4.50. The quantitative estimate of drug-likeness (QED) is 0.559. The van der Waals surface area contributed by atoms with Crippen molar-refractivity contribution < 1.29 is 11.3 Å². The van der Waals surface area contributed by atoms with Gasteiger partial charge in [0.25, 0.3) is 0 Å². The molecule has 0 aliphatic heterocycles. The van der Waals surface area contributed by atoms with Crippen LogP contribution in [0.5, 0.6) is 0 Å². The summed E-state index contributed by atoms with van der Waals surface area (Å²) >= 11 is 6.88. The van der Waals surface area contributed by atoms with Crippen molar-refractivity contribution in [3.05, 3.63) is 7.43 Å². The Morgan fingerprint density at radius 2 is 1.25 bits per heavy atom. The summed E-state index contributed by atoms with van der Waals surface area (Å²) in [5.74, 6) is 0. The molecule has 0 N–H and O–H groups in total. The molecule has 0 saturated heterocycles. The summed E-state index contributed by atoms with van der Waals surface area (Å²) in [7, 11) is 0. The summed E-state index contributed by atoms with van der Waals surface area (Å²) in [4.78, 5) is 0. The Kier molecular flexibility index (Phi) is 20.0. The van der Waals surface area contributed by atoms with Gasteiger partial charge in [0.2, 0.25) is 0 Å². The van der Waals surface area contributed by atoms with Gasteiger partial charge in [-0.1, -0.05) is 7.43 Å². The molecule has 0 aromatic heterocycles. The van der Waals surface area contributed by atoms with E-state index in [4.69, 9.17) is 0 Å². The van der Waals surface area contributed by atoms with Crippen LogP contribution in [-0.4, -0.2) is 0 Å². The fourth-order valence-electron chi connectivity index (χ4n) is 0. The first-order valence-corrected chi connectivity index (χ1v) is 6.12. The Balaban J connectivity index is 0. The van der Waals surface area contributed by atoms with E-state index in [1.54, 1.807) is 0 Å². The maximum atomic E-state index is 3.09. The SMILES string of the molecule is [Br][Mn][Br].[CH3]. The van der Waals surface area contributed by atoms with Gasteiger partial charge in [0.1, 0.15) is 0 Å². The monoisotopic (exact) mass is 228 g/mol. The zero-order chi connectivity index (χ0) is 2.71. The van der Waals surface area contributed by atoms with Crippen LogP contribution in [0.25, 0.3) is 0 Å². The molecule has 0 atom stereocenters. The Hall–Kier alpha value is 1.48. The molecule has 0 amide bonds. The summed E-state index contributed by atoms with van der Waals surface area (Å²) < 4.78 is 0. The number of halogens is 2. The fraction of sp³-hybridized carbons (Fsp3) is 0. The molecule has 4 heavy (non-hydrogen) atoms. The molecular formula is CH3Br2Mn. The summed E-state index contributed by atoms with van der Waals surface area (Å²) in [5, 5.41) is 0. The molecule has 0 spiro atoms. The molecule has 0 fully saturated rings. The van der Waals surface area contributed by atoms with Gasteiger partial charge >= 0.3 is 39.6 Å². The summed E-state index contributed by atoms with van der Waals surface area (Å²) in [6.07, 6.45) is 0. The van der Waals surface area contributed by atoms with E-state index < -0.39 is 0 Å². The van der Waals surface area contributed by atoms with Crippen LogP contribution >= 0.6 is 28.2 Å². The van der Waals surface area contributed by atoms with Gasteiger partial charge in [-0.05, 0) is 0 Å². The first-order valence-electron chi connectivity index (χ1n) is 0.286. The van der Waals surface area contributed by atoms with E-state index in [-0.39, 0.29) is 7.43 Å². The molecule has 28 valence electrons. The van der Waals surface area contributed by atoms with Crippen molar-refractivity contribution in [1.82, 2.24) is 0 Å². The summed E-state index contributed by atoms with van der Waals surface area (Å²) in [6.45, 7) is 0. The van der Waals surface area contributed by atoms with Crippen molar-refractivity contribution >= 4 is 28.2 Å². The van der Waals surface area contributed by atoms with Crippen LogP contribution in [-0.2, 0) is 11.3 Å². The van der Waals surface area contributed by atoms with E-state index in [1.807, 2.05) is 0 Å². The van der Waals surface area contributed by atoms with E-state index in [1.165, 1.54) is 0 Å². The summed E-state index contributed by atoms with van der Waals surface area (Å²) in [5.41, 5.74) is 0. The van der Waals surface area contributed by atoms with E-state index >= 15 is 0 Å². The first-order chi connectivity index (χ1) is 1.41. The van der Waals surface area contributed by atoms with Crippen molar-refractivity contribution in [1.29, 1.82) is 0 Å². The van der Waals surface area contributed by atoms with Gasteiger partial charge < -0.3 is 0 Å². The summed E-state index contributed by atoms with van der Waals surface area (Å²) in [6, 6.07) is 0. The number of rotatable bonds is 0. The Morgan fingerprint density at radius 1 is 1.25 bits per heavy atom. The van der Waals surface area contributed by atoms with Crippen molar-refractivity contribution in [3.63, 3.8) is 0 Å². The Morgan fingerprint density at radius 3 is 1.25 bits per heavy atom. The smallest absolute Gasteiger partial charge is 0.0683 e. The second-order valence-corrected chi connectivity index (χ2v) is 6.01. The van der Waals surface area contributed by atoms with Gasteiger partial charge in [0, 0.05) is 0 Å². The van der Waals surface area contributed by atoms with Crippen LogP contribution in [0.15, 0.2) is 0 Å². The van der Waals surface area contributed by atoms with E-state index in [0.29, 0.717) is 11.3 Å². The van der Waals surface area contributed by atoms with Crippen LogP contribution in [0, 0.1) is 7.43 Å². The zero-order valence-corrected chi connectivity index (χ0v) is 6.49. The van der Waals surface area contributed by atoms with Gasteiger partial charge in [0.05, 0.1) is 0 Å². The third kappa shape index (κ3) is 9.77. The van der Waals surface area contributed by atoms with E-state index in [2.05, 4.69) is 28.2 Å². The van der Waals surface area contributed by atoms with Gasteiger partial charge in [-0.2, -0.15) is 0 Å². The molecule has 0 aliphatic rings. The third-order valence-electron chi connectivity index (χ3n) is 0. The topological polar surface area (TPSA) is 0 Å². The number of hydrogen-bond acceptors (Lipinski definition) is 0. The molecule has 0 saturated carbocycles. The average molecular weight is 230 g/mol. The van der Waals surface area contributed by atoms with Gasteiger partial charge in [-0.25, -0.2) is 0 Å². The van der Waals surface area contributed by atoms with Crippen molar-refractivity contribution in [3.8, 4) is 0 Å². The molecule has 0 aliphatic carbocycles. The van der Waals surface area contributed by atoms with Crippen molar-refractivity contribution in [2.24, 2.45) is 0 Å². The minimum atomic E-state index is 0. The Bertz CT molecular complexity index is 6.00. The maximum Gasteiger partial charge on any atom is -0.0683 e. The van der Waals surface area contributed by atoms with Crippen LogP contribution in [0.4, 0.5) is 0 Å². The third-order valence-corrected chi connectivity index (χ3v) is 0. The van der Waals surface area contributed by atoms with Crippen LogP contribution in [0.1, 0.15) is 0 Å². The minimum Gasteiger partial charge on any atom is -0.0683 e. The second-order valence-electron chi connectivity index (χ2n) is 0.0540. The largest absolute Gasteiger partial charge is 0.0683 e. The van der Waals surface area contributed by atoms with Gasteiger partial charge in [0.15, 0.2) is 0 Å². The molecule has 0 heterocycles. The molecule has 0 aromatic rings. The molecule has 3 heteroatoms.